The summed E-state index contributed by atoms with van der Waals surface area (Å²) in [6.45, 7) is 6.12. The summed E-state index contributed by atoms with van der Waals surface area (Å²) in [7, 11) is 1.16. The lowest BCUT2D eigenvalue weighted by Gasteiger charge is -2.35. The van der Waals surface area contributed by atoms with Crippen LogP contribution in [0, 0.1) is 20.2 Å². The lowest BCUT2D eigenvalue weighted by molar-refractivity contribution is -0.422. The Kier molecular flexibility index (Phi) is 10.00. The van der Waals surface area contributed by atoms with Gasteiger partial charge in [-0.3, -0.25) is 34.7 Å². The molecule has 0 spiro atoms. The van der Waals surface area contributed by atoms with Crippen molar-refractivity contribution in [1.82, 2.24) is 20.2 Å². The number of nitrogens with one attached hydrogen (secondary N) is 2. The van der Waals surface area contributed by atoms with E-state index in [4.69, 9.17) is 4.74 Å². The molecule has 0 saturated carbocycles. The van der Waals surface area contributed by atoms with Crippen molar-refractivity contribution in [3.8, 4) is 0 Å². The molecule has 1 aromatic carbocycles. The Labute approximate surface area is 245 Å². The van der Waals surface area contributed by atoms with Crippen LogP contribution in [0.5, 0.6) is 0 Å². The molecule has 1 aliphatic rings. The summed E-state index contributed by atoms with van der Waals surface area (Å²) in [6.07, 6.45) is 1.90. The number of anilines is 1. The molecule has 2 aromatic rings. The summed E-state index contributed by atoms with van der Waals surface area (Å²) in [5, 5.41) is 26.4. The molecule has 3 atom stereocenters. The second-order valence-electron chi connectivity index (χ2n) is 10.7. The lowest BCUT2D eigenvalue weighted by atomic mass is 10.1. The third kappa shape index (κ3) is 7.60. The van der Waals surface area contributed by atoms with Crippen molar-refractivity contribution in [2.45, 2.75) is 70.7 Å². The molecule has 0 aliphatic carbocycles. The standard InChI is InChI=1S/C26H33N7O10/c1-15(24(36)42-5)29-22(34)19-10-7-11-30(19)23(35)20(12-16-13-27-14-28-16)31(25(37)43-26(2,3)4)17-8-6-9-18(32(38)39)21(17)33(40)41/h6,8-9,13-15,19-20H,7,10-12H2,1-5H3,(H,27,28)(H,29,34)/t15-,19-,20-/m0/s1. The van der Waals surface area contributed by atoms with Crippen LogP contribution < -0.4 is 10.2 Å². The van der Waals surface area contributed by atoms with Gasteiger partial charge in [0.25, 0.3) is 0 Å². The van der Waals surface area contributed by atoms with Crippen molar-refractivity contribution < 1.29 is 38.5 Å². The number of amides is 3. The molecular formula is C26H33N7O10. The molecule has 1 saturated heterocycles. The molecule has 2 N–H and O–H groups in total. The number of carbonyl (C=O) groups is 4. The predicted molar refractivity (Wildman–Crippen MR) is 149 cm³/mol. The van der Waals surface area contributed by atoms with Crippen LogP contribution >= 0.6 is 0 Å². The maximum Gasteiger partial charge on any atom is 0.415 e. The van der Waals surface area contributed by atoms with Gasteiger partial charge in [-0.25, -0.2) is 14.6 Å². The minimum atomic E-state index is -1.59. The van der Waals surface area contributed by atoms with Crippen molar-refractivity contribution in [3.63, 3.8) is 0 Å². The van der Waals surface area contributed by atoms with Crippen molar-refractivity contribution in [1.29, 1.82) is 0 Å². The number of likely N-dealkylation sites (tertiary alicyclic amines) is 1. The second kappa shape index (κ2) is 13.3. The van der Waals surface area contributed by atoms with Crippen LogP contribution in [0.25, 0.3) is 0 Å². The smallest absolute Gasteiger partial charge is 0.415 e. The Morgan fingerprint density at radius 2 is 1.91 bits per heavy atom. The largest absolute Gasteiger partial charge is 0.467 e. The number of ether oxygens (including phenoxy) is 2. The van der Waals surface area contributed by atoms with E-state index in [0.29, 0.717) is 11.3 Å². The molecule has 1 fully saturated rings. The van der Waals surface area contributed by atoms with Crippen molar-refractivity contribution in [2.75, 3.05) is 18.6 Å². The molecule has 0 bridgehead atoms. The van der Waals surface area contributed by atoms with E-state index in [9.17, 15) is 39.4 Å². The highest BCUT2D eigenvalue weighted by Crippen LogP contribution is 2.39. The van der Waals surface area contributed by atoms with E-state index >= 15 is 0 Å². The summed E-state index contributed by atoms with van der Waals surface area (Å²) in [5.74, 6) is -2.14. The summed E-state index contributed by atoms with van der Waals surface area (Å²) in [5.41, 5.74) is -3.34. The zero-order chi connectivity index (χ0) is 32.1. The minimum Gasteiger partial charge on any atom is -0.467 e. The fraction of sp³-hybridized carbons (Fsp3) is 0.500. The number of para-hydroxylation sites is 1. The Morgan fingerprint density at radius 1 is 1.21 bits per heavy atom. The first-order chi connectivity index (χ1) is 20.2. The van der Waals surface area contributed by atoms with Crippen molar-refractivity contribution in [2.24, 2.45) is 0 Å². The zero-order valence-corrected chi connectivity index (χ0v) is 24.3. The van der Waals surface area contributed by atoms with Gasteiger partial charge in [0.15, 0.2) is 0 Å². The van der Waals surface area contributed by atoms with Crippen LogP contribution in [0.4, 0.5) is 21.9 Å². The Balaban J connectivity index is 2.17. The number of methoxy groups -OCH3 is 1. The number of carbonyl (C=O) groups excluding carboxylic acids is 4. The fourth-order valence-electron chi connectivity index (χ4n) is 4.68. The van der Waals surface area contributed by atoms with Crippen LogP contribution in [0.3, 0.4) is 0 Å². The van der Waals surface area contributed by atoms with Crippen LogP contribution in [0.15, 0.2) is 30.7 Å². The number of hydrogen-bond donors (Lipinski definition) is 2. The Hall–Kier alpha value is -5.09. The summed E-state index contributed by atoms with van der Waals surface area (Å²) in [4.78, 5) is 83.8. The van der Waals surface area contributed by atoms with Gasteiger partial charge in [0, 0.05) is 25.2 Å². The zero-order valence-electron chi connectivity index (χ0n) is 24.3. The molecule has 0 radical (unpaired) electrons. The number of nitro groups is 2. The van der Waals surface area contributed by atoms with Gasteiger partial charge < -0.3 is 24.7 Å². The highest BCUT2D eigenvalue weighted by Gasteiger charge is 2.45. The van der Waals surface area contributed by atoms with E-state index in [-0.39, 0.29) is 25.1 Å². The molecule has 3 rings (SSSR count). The molecule has 3 amide bonds. The molecule has 2 heterocycles. The third-order valence-electron chi connectivity index (χ3n) is 6.53. The fourth-order valence-corrected chi connectivity index (χ4v) is 4.68. The van der Waals surface area contributed by atoms with Gasteiger partial charge in [-0.15, -0.1) is 0 Å². The second-order valence-corrected chi connectivity index (χ2v) is 10.7. The number of aromatic amines is 1. The maximum atomic E-state index is 14.3. The molecular weight excluding hydrogens is 570 g/mol. The Bertz CT molecular complexity index is 1390. The first-order valence-corrected chi connectivity index (χ1v) is 13.3. The van der Waals surface area contributed by atoms with E-state index in [0.717, 1.165) is 25.3 Å². The van der Waals surface area contributed by atoms with Crippen molar-refractivity contribution >= 4 is 40.9 Å². The number of imidazole rings is 1. The predicted octanol–water partition coefficient (Wildman–Crippen LogP) is 2.25. The number of rotatable bonds is 10. The molecule has 1 aliphatic heterocycles. The molecule has 1 aromatic heterocycles. The number of nitrogens with zero attached hydrogens (tertiary/aromatic N) is 5. The van der Waals surface area contributed by atoms with E-state index < -0.39 is 74.5 Å². The number of H-pyrrole nitrogens is 1. The summed E-state index contributed by atoms with van der Waals surface area (Å²) >= 11 is 0. The van der Waals surface area contributed by atoms with Gasteiger partial charge in [-0.1, -0.05) is 6.07 Å². The highest BCUT2D eigenvalue weighted by atomic mass is 16.6. The van der Waals surface area contributed by atoms with Gasteiger partial charge >= 0.3 is 23.4 Å². The monoisotopic (exact) mass is 603 g/mol. The molecule has 17 nitrogen and oxygen atoms in total. The number of hydrogen-bond acceptors (Lipinski definition) is 11. The number of nitro benzene ring substituents is 2. The number of benzene rings is 1. The van der Waals surface area contributed by atoms with Gasteiger partial charge in [-0.2, -0.15) is 0 Å². The average Bonchev–Trinajstić information content (AvgIpc) is 3.63. The topological polar surface area (TPSA) is 220 Å². The Morgan fingerprint density at radius 3 is 2.47 bits per heavy atom. The number of aromatic nitrogens is 2. The minimum absolute atomic E-state index is 0.0831. The first kappa shape index (κ1) is 32.4. The molecule has 17 heteroatoms. The van der Waals surface area contributed by atoms with Gasteiger partial charge in [0.1, 0.15) is 29.4 Å². The first-order valence-electron chi connectivity index (χ1n) is 13.3. The van der Waals surface area contributed by atoms with Crippen molar-refractivity contribution in [3.05, 3.63) is 56.6 Å². The van der Waals surface area contributed by atoms with Crippen LogP contribution in [0.2, 0.25) is 0 Å². The molecule has 0 unspecified atom stereocenters. The lowest BCUT2D eigenvalue weighted by Crippen LogP contribution is -2.57. The van der Waals surface area contributed by atoms with Crippen LogP contribution in [0.1, 0.15) is 46.2 Å². The maximum absolute atomic E-state index is 14.3. The van der Waals surface area contributed by atoms with Crippen LogP contribution in [-0.4, -0.2) is 86.0 Å². The van der Waals surface area contributed by atoms with Gasteiger partial charge in [0.05, 0.1) is 29.0 Å². The van der Waals surface area contributed by atoms with Crippen LogP contribution in [-0.2, 0) is 30.3 Å². The van der Waals surface area contributed by atoms with Gasteiger partial charge in [0.2, 0.25) is 11.8 Å². The third-order valence-corrected chi connectivity index (χ3v) is 6.53. The number of esters is 1. The summed E-state index contributed by atoms with van der Waals surface area (Å²) in [6, 6.07) is -0.504. The highest BCUT2D eigenvalue weighted by molar-refractivity contribution is 6.02. The van der Waals surface area contributed by atoms with E-state index in [1.54, 1.807) is 20.8 Å². The van der Waals surface area contributed by atoms with Gasteiger partial charge in [-0.05, 0) is 46.6 Å². The normalized spacial score (nSPS) is 16.1. The SMILES string of the molecule is COC(=O)[C@H](C)NC(=O)[C@@H]1CCCN1C(=O)[C@H](Cc1c[nH]cn1)N(C(=O)OC(C)(C)C)c1cccc([N+](=O)[O-])c1[N+](=O)[O-]. The van der Waals surface area contributed by atoms with E-state index in [2.05, 4.69) is 20.0 Å². The van der Waals surface area contributed by atoms with E-state index in [1.165, 1.54) is 24.3 Å². The average molecular weight is 604 g/mol. The quantitative estimate of drug-likeness (QED) is 0.228. The molecule has 43 heavy (non-hydrogen) atoms. The molecule has 232 valence electrons. The van der Waals surface area contributed by atoms with E-state index in [1.807, 2.05) is 0 Å². The summed E-state index contributed by atoms with van der Waals surface area (Å²) < 4.78 is 10.2.